The largest absolute Gasteiger partial charge is 0.481 e. The van der Waals surface area contributed by atoms with E-state index in [1.165, 1.54) is 12.5 Å². The Labute approximate surface area is 192 Å². The van der Waals surface area contributed by atoms with E-state index in [0.29, 0.717) is 5.69 Å². The molecule has 0 radical (unpaired) electrons. The number of carbonyl (C=O) groups excluding carboxylic acids is 4. The lowest BCUT2D eigenvalue weighted by Gasteiger charge is -2.24. The zero-order valence-electron chi connectivity index (χ0n) is 17.9. The fraction of sp³-hybridized carbons (Fsp3) is 0.500. The summed E-state index contributed by atoms with van der Waals surface area (Å²) < 4.78 is 0. The molecule has 4 atom stereocenters. The molecule has 0 aliphatic heterocycles. The van der Waals surface area contributed by atoms with Crippen molar-refractivity contribution in [2.75, 3.05) is 6.61 Å². The van der Waals surface area contributed by atoms with Crippen LogP contribution in [0.5, 0.6) is 0 Å². The van der Waals surface area contributed by atoms with Gasteiger partial charge < -0.3 is 47.7 Å². The van der Waals surface area contributed by atoms with Crippen LogP contribution < -0.4 is 27.4 Å². The maximum atomic E-state index is 12.7. The van der Waals surface area contributed by atoms with Crippen LogP contribution in [0.25, 0.3) is 0 Å². The average molecular weight is 485 g/mol. The van der Waals surface area contributed by atoms with Crippen LogP contribution in [0.2, 0.25) is 0 Å². The number of aromatic amines is 1. The fourth-order valence-corrected chi connectivity index (χ4v) is 2.67. The Balaban J connectivity index is 2.90. The summed E-state index contributed by atoms with van der Waals surface area (Å²) in [6.07, 6.45) is 1.12. The van der Waals surface area contributed by atoms with Crippen LogP contribution in [0.3, 0.4) is 0 Å². The molecule has 1 aromatic rings. The van der Waals surface area contributed by atoms with Crippen molar-refractivity contribution in [1.29, 1.82) is 0 Å². The molecular weight excluding hydrogens is 458 g/mol. The van der Waals surface area contributed by atoms with Gasteiger partial charge in [0.25, 0.3) is 0 Å². The van der Waals surface area contributed by atoms with E-state index in [1.54, 1.807) is 0 Å². The number of aliphatic carboxylic acids is 2. The topological polar surface area (TPSA) is 280 Å². The van der Waals surface area contributed by atoms with Crippen LogP contribution in [-0.2, 0) is 35.2 Å². The monoisotopic (exact) mass is 485 g/mol. The van der Waals surface area contributed by atoms with Crippen LogP contribution in [0.15, 0.2) is 12.5 Å². The maximum absolute atomic E-state index is 12.7. The fourth-order valence-electron chi connectivity index (χ4n) is 2.67. The van der Waals surface area contributed by atoms with E-state index >= 15 is 0 Å². The Bertz CT molecular complexity index is 890. The van der Waals surface area contributed by atoms with Crippen LogP contribution in [0.1, 0.15) is 25.0 Å². The Morgan fingerprint density at radius 1 is 0.971 bits per heavy atom. The molecular formula is C18H27N7O9. The summed E-state index contributed by atoms with van der Waals surface area (Å²) in [4.78, 5) is 77.0. The van der Waals surface area contributed by atoms with E-state index in [1.807, 2.05) is 0 Å². The summed E-state index contributed by atoms with van der Waals surface area (Å²) in [5.41, 5.74) is 10.9. The molecule has 16 nitrogen and oxygen atoms in total. The zero-order valence-corrected chi connectivity index (χ0v) is 17.9. The zero-order chi connectivity index (χ0) is 25.8. The van der Waals surface area contributed by atoms with Crippen LogP contribution in [0.4, 0.5) is 0 Å². The number of nitrogens with zero attached hydrogens (tertiary/aromatic N) is 1. The Kier molecular flexibility index (Phi) is 11.1. The van der Waals surface area contributed by atoms with E-state index in [0.717, 1.165) is 0 Å². The minimum atomic E-state index is -1.61. The first kappa shape index (κ1) is 28.0. The van der Waals surface area contributed by atoms with E-state index in [2.05, 4.69) is 25.9 Å². The van der Waals surface area contributed by atoms with Gasteiger partial charge in [-0.1, -0.05) is 0 Å². The van der Waals surface area contributed by atoms with Crippen molar-refractivity contribution in [2.24, 2.45) is 11.5 Å². The molecule has 1 heterocycles. The van der Waals surface area contributed by atoms with Gasteiger partial charge in [0.1, 0.15) is 18.1 Å². The minimum absolute atomic E-state index is 0.158. The lowest BCUT2D eigenvalue weighted by Crippen LogP contribution is -2.58. The first-order valence-electron chi connectivity index (χ1n) is 9.92. The number of amides is 4. The Morgan fingerprint density at radius 3 is 2.06 bits per heavy atom. The van der Waals surface area contributed by atoms with Gasteiger partial charge in [-0.25, -0.2) is 9.78 Å². The van der Waals surface area contributed by atoms with E-state index in [9.17, 15) is 39.0 Å². The summed E-state index contributed by atoms with van der Waals surface area (Å²) in [6.45, 7) is -0.931. The van der Waals surface area contributed by atoms with Gasteiger partial charge in [0, 0.05) is 24.7 Å². The third-order valence-corrected chi connectivity index (χ3v) is 4.45. The smallest absolute Gasteiger partial charge is 0.326 e. The van der Waals surface area contributed by atoms with Gasteiger partial charge in [0.05, 0.1) is 25.4 Å². The highest BCUT2D eigenvalue weighted by Gasteiger charge is 2.30. The number of hydrogen-bond donors (Lipinski definition) is 9. The molecule has 0 aliphatic carbocycles. The highest BCUT2D eigenvalue weighted by molar-refractivity contribution is 5.95. The molecule has 4 unspecified atom stereocenters. The Hall–Kier alpha value is -4.05. The van der Waals surface area contributed by atoms with Gasteiger partial charge >= 0.3 is 11.9 Å². The second-order valence-electron chi connectivity index (χ2n) is 7.19. The third kappa shape index (κ3) is 9.61. The van der Waals surface area contributed by atoms with Gasteiger partial charge in [-0.05, 0) is 6.42 Å². The van der Waals surface area contributed by atoms with Crippen molar-refractivity contribution in [3.8, 4) is 0 Å². The van der Waals surface area contributed by atoms with Crippen molar-refractivity contribution in [1.82, 2.24) is 25.9 Å². The number of aliphatic hydroxyl groups is 1. The number of primary amides is 1. The number of carboxylic acids is 2. The van der Waals surface area contributed by atoms with Crippen molar-refractivity contribution in [3.63, 3.8) is 0 Å². The summed E-state index contributed by atoms with van der Waals surface area (Å²) in [6, 6.07) is -5.99. The highest BCUT2D eigenvalue weighted by atomic mass is 16.4. The van der Waals surface area contributed by atoms with Crippen molar-refractivity contribution in [2.45, 2.75) is 49.9 Å². The standard InChI is InChI=1S/C18H27N7O9/c19-9(4-14(28)29)15(30)25-12(6-26)17(32)23-10(1-2-13(20)27)16(31)24-11(18(33)34)3-8-5-21-7-22-8/h5,7,9-12,26H,1-4,6,19H2,(H2,20,27)(H,21,22)(H,23,32)(H,24,31)(H,25,30)(H,28,29)(H,33,34). The number of H-pyrrole nitrogens is 1. The number of aromatic nitrogens is 2. The average Bonchev–Trinajstić information content (AvgIpc) is 3.26. The van der Waals surface area contributed by atoms with E-state index in [-0.39, 0.29) is 19.3 Å². The number of carbonyl (C=O) groups is 6. The van der Waals surface area contributed by atoms with Gasteiger partial charge in [0.2, 0.25) is 23.6 Å². The van der Waals surface area contributed by atoms with Gasteiger partial charge in [-0.3, -0.25) is 24.0 Å². The molecule has 11 N–H and O–H groups in total. The summed E-state index contributed by atoms with van der Waals surface area (Å²) in [7, 11) is 0. The lowest BCUT2D eigenvalue weighted by molar-refractivity contribution is -0.142. The van der Waals surface area contributed by atoms with Crippen molar-refractivity contribution in [3.05, 3.63) is 18.2 Å². The Morgan fingerprint density at radius 2 is 1.56 bits per heavy atom. The number of aliphatic hydroxyl groups excluding tert-OH is 1. The predicted molar refractivity (Wildman–Crippen MR) is 111 cm³/mol. The van der Waals surface area contributed by atoms with Crippen LogP contribution in [0, 0.1) is 0 Å². The number of carboxylic acid groups (broad SMARTS) is 2. The maximum Gasteiger partial charge on any atom is 0.326 e. The molecule has 0 saturated carbocycles. The van der Waals surface area contributed by atoms with Crippen LogP contribution >= 0.6 is 0 Å². The number of nitrogens with one attached hydrogen (secondary N) is 4. The molecule has 0 fully saturated rings. The van der Waals surface area contributed by atoms with Crippen molar-refractivity contribution < 1.29 is 44.1 Å². The molecule has 1 aromatic heterocycles. The second kappa shape index (κ2) is 13.5. The molecule has 1 rings (SSSR count). The van der Waals surface area contributed by atoms with E-state index < -0.39 is 72.8 Å². The molecule has 0 aliphatic rings. The molecule has 4 amide bonds. The number of nitrogens with two attached hydrogens (primary N) is 2. The van der Waals surface area contributed by atoms with Crippen molar-refractivity contribution >= 4 is 35.6 Å². The minimum Gasteiger partial charge on any atom is -0.481 e. The molecule has 188 valence electrons. The number of imidazole rings is 1. The number of rotatable bonds is 15. The second-order valence-corrected chi connectivity index (χ2v) is 7.19. The summed E-state index contributed by atoms with van der Waals surface area (Å²) in [5, 5.41) is 34.0. The third-order valence-electron chi connectivity index (χ3n) is 4.45. The highest BCUT2D eigenvalue weighted by Crippen LogP contribution is 2.04. The quantitative estimate of drug-likeness (QED) is 0.114. The summed E-state index contributed by atoms with van der Waals surface area (Å²) in [5.74, 6) is -6.61. The molecule has 16 heteroatoms. The molecule has 0 saturated heterocycles. The number of hydrogen-bond acceptors (Lipinski definition) is 9. The summed E-state index contributed by atoms with van der Waals surface area (Å²) >= 11 is 0. The van der Waals surface area contributed by atoms with Crippen LogP contribution in [-0.4, -0.2) is 91.6 Å². The lowest BCUT2D eigenvalue weighted by atomic mass is 10.1. The first-order valence-corrected chi connectivity index (χ1v) is 9.92. The first-order chi connectivity index (χ1) is 15.9. The predicted octanol–water partition coefficient (Wildman–Crippen LogP) is -4.45. The molecule has 34 heavy (non-hydrogen) atoms. The molecule has 0 bridgehead atoms. The van der Waals surface area contributed by atoms with Gasteiger partial charge in [-0.2, -0.15) is 0 Å². The SMILES string of the molecule is NC(=O)CCC(NC(=O)C(CO)NC(=O)C(N)CC(=O)O)C(=O)NC(Cc1cnc[nH]1)C(=O)O. The van der Waals surface area contributed by atoms with E-state index in [4.69, 9.17) is 16.6 Å². The molecule has 0 spiro atoms. The van der Waals surface area contributed by atoms with Gasteiger partial charge in [0.15, 0.2) is 0 Å². The molecule has 0 aromatic carbocycles. The normalized spacial score (nSPS) is 14.2. The van der Waals surface area contributed by atoms with Gasteiger partial charge in [-0.15, -0.1) is 0 Å².